The van der Waals surface area contributed by atoms with Crippen molar-refractivity contribution in [1.29, 1.82) is 0 Å². The minimum Gasteiger partial charge on any atom is -0.377 e. The summed E-state index contributed by atoms with van der Waals surface area (Å²) in [6.45, 7) is 1.88. The molecule has 0 unspecified atom stereocenters. The molecule has 22 heavy (non-hydrogen) atoms. The van der Waals surface area contributed by atoms with Crippen LogP contribution in [-0.2, 0) is 0 Å². The van der Waals surface area contributed by atoms with Gasteiger partial charge in [-0.05, 0) is 42.8 Å². The number of aryl methyl sites for hydroxylation is 1. The quantitative estimate of drug-likeness (QED) is 0.876. The third-order valence-electron chi connectivity index (χ3n) is 3.18. The maximum Gasteiger partial charge on any atom is 0.255 e. The largest absolute Gasteiger partial charge is 0.377 e. The summed E-state index contributed by atoms with van der Waals surface area (Å²) in [6, 6.07) is 6.56. The molecule has 1 amide bonds. The Morgan fingerprint density at radius 1 is 1.05 bits per heavy atom. The number of carbonyl (C=O) groups excluding carboxylic acids is 1. The third-order valence-corrected chi connectivity index (χ3v) is 3.18. The van der Waals surface area contributed by atoms with E-state index >= 15 is 0 Å². The van der Waals surface area contributed by atoms with Crippen LogP contribution < -0.4 is 10.2 Å². The van der Waals surface area contributed by atoms with Crippen LogP contribution in [0.2, 0.25) is 0 Å². The summed E-state index contributed by atoms with van der Waals surface area (Å²) in [5, 5.41) is 2.53. The molecule has 0 fully saturated rings. The van der Waals surface area contributed by atoms with Gasteiger partial charge in [0.25, 0.3) is 5.91 Å². The number of carbonyl (C=O) groups is 1. The highest BCUT2D eigenvalue weighted by Crippen LogP contribution is 2.22. The van der Waals surface area contributed by atoms with E-state index in [1.807, 2.05) is 32.0 Å². The van der Waals surface area contributed by atoms with Crippen molar-refractivity contribution in [2.24, 2.45) is 0 Å². The molecule has 0 bridgehead atoms. The van der Waals surface area contributed by atoms with Gasteiger partial charge in [0.2, 0.25) is 0 Å². The number of halogens is 3. The number of amides is 1. The van der Waals surface area contributed by atoms with Crippen molar-refractivity contribution < 1.29 is 18.0 Å². The van der Waals surface area contributed by atoms with E-state index in [4.69, 9.17) is 0 Å². The molecular formula is C16H15F3N2O. The van der Waals surface area contributed by atoms with E-state index < -0.39 is 23.4 Å². The summed E-state index contributed by atoms with van der Waals surface area (Å²) in [5.41, 5.74) is 2.11. The fourth-order valence-corrected chi connectivity index (χ4v) is 2.12. The van der Waals surface area contributed by atoms with Gasteiger partial charge in [0.05, 0.1) is 0 Å². The summed E-state index contributed by atoms with van der Waals surface area (Å²) in [4.78, 5) is 13.9. The first kappa shape index (κ1) is 15.9. The Bertz CT molecular complexity index is 706. The molecule has 2 aromatic rings. The smallest absolute Gasteiger partial charge is 0.255 e. The molecule has 0 aliphatic carbocycles. The van der Waals surface area contributed by atoms with E-state index in [2.05, 4.69) is 5.32 Å². The average Bonchev–Trinajstić information content (AvgIpc) is 2.43. The molecule has 2 aromatic carbocycles. The summed E-state index contributed by atoms with van der Waals surface area (Å²) in [7, 11) is 3.79. The van der Waals surface area contributed by atoms with Crippen LogP contribution in [0.15, 0.2) is 30.3 Å². The second-order valence-electron chi connectivity index (χ2n) is 5.10. The van der Waals surface area contributed by atoms with Gasteiger partial charge in [0.15, 0.2) is 17.5 Å². The van der Waals surface area contributed by atoms with Gasteiger partial charge in [-0.1, -0.05) is 0 Å². The lowest BCUT2D eigenvalue weighted by Crippen LogP contribution is -2.14. The molecule has 1 N–H and O–H groups in total. The van der Waals surface area contributed by atoms with E-state index in [1.165, 1.54) is 0 Å². The number of nitrogens with one attached hydrogen (secondary N) is 1. The van der Waals surface area contributed by atoms with Crippen LogP contribution in [-0.4, -0.2) is 20.0 Å². The Morgan fingerprint density at radius 2 is 1.64 bits per heavy atom. The van der Waals surface area contributed by atoms with Gasteiger partial charge < -0.3 is 10.2 Å². The van der Waals surface area contributed by atoms with Gasteiger partial charge in [-0.25, -0.2) is 13.2 Å². The first-order valence-corrected chi connectivity index (χ1v) is 6.53. The zero-order chi connectivity index (χ0) is 16.4. The molecule has 0 saturated heterocycles. The van der Waals surface area contributed by atoms with Crippen LogP contribution in [0.3, 0.4) is 0 Å². The van der Waals surface area contributed by atoms with Crippen molar-refractivity contribution in [1.82, 2.24) is 0 Å². The van der Waals surface area contributed by atoms with Crippen LogP contribution >= 0.6 is 0 Å². The SMILES string of the molecule is Cc1cc(NC(=O)c2cc(F)c(F)c(F)c2)ccc1N(C)C. The molecule has 6 heteroatoms. The number of rotatable bonds is 3. The summed E-state index contributed by atoms with van der Waals surface area (Å²) in [6.07, 6.45) is 0. The van der Waals surface area contributed by atoms with Gasteiger partial charge >= 0.3 is 0 Å². The minimum absolute atomic E-state index is 0.286. The standard InChI is InChI=1S/C16H15F3N2O/c1-9-6-11(4-5-14(9)21(2)3)20-16(22)10-7-12(17)15(19)13(18)8-10/h4-8H,1-3H3,(H,20,22). The summed E-state index contributed by atoms with van der Waals surface area (Å²) >= 11 is 0. The number of hydrogen-bond acceptors (Lipinski definition) is 2. The first-order chi connectivity index (χ1) is 10.3. The van der Waals surface area contributed by atoms with Gasteiger partial charge in [0, 0.05) is 31.0 Å². The van der Waals surface area contributed by atoms with Crippen LogP contribution in [0.5, 0.6) is 0 Å². The lowest BCUT2D eigenvalue weighted by molar-refractivity contribution is 0.102. The van der Waals surface area contributed by atoms with Crippen LogP contribution in [0, 0.1) is 24.4 Å². The van der Waals surface area contributed by atoms with Crippen molar-refractivity contribution in [2.45, 2.75) is 6.92 Å². The number of anilines is 2. The summed E-state index contributed by atoms with van der Waals surface area (Å²) in [5.74, 6) is -5.11. The molecule has 2 rings (SSSR count). The van der Waals surface area contributed by atoms with Crippen LogP contribution in [0.4, 0.5) is 24.5 Å². The molecule has 0 spiro atoms. The highest BCUT2D eigenvalue weighted by atomic mass is 19.2. The van der Waals surface area contributed by atoms with Crippen molar-refractivity contribution in [3.05, 3.63) is 58.9 Å². The summed E-state index contributed by atoms with van der Waals surface area (Å²) < 4.78 is 39.2. The van der Waals surface area contributed by atoms with Gasteiger partial charge in [-0.2, -0.15) is 0 Å². The van der Waals surface area contributed by atoms with E-state index in [1.54, 1.807) is 12.1 Å². The van der Waals surface area contributed by atoms with E-state index in [0.717, 1.165) is 11.3 Å². The lowest BCUT2D eigenvalue weighted by Gasteiger charge is -2.16. The van der Waals surface area contributed by atoms with Crippen molar-refractivity contribution >= 4 is 17.3 Å². The molecule has 0 aromatic heterocycles. The Balaban J connectivity index is 2.24. The second-order valence-corrected chi connectivity index (χ2v) is 5.10. The van der Waals surface area contributed by atoms with Crippen molar-refractivity contribution in [3.8, 4) is 0 Å². The second kappa shape index (κ2) is 6.09. The molecule has 3 nitrogen and oxygen atoms in total. The number of nitrogens with zero attached hydrogens (tertiary/aromatic N) is 1. The maximum atomic E-state index is 13.1. The minimum atomic E-state index is -1.59. The number of benzene rings is 2. The van der Waals surface area contributed by atoms with Crippen molar-refractivity contribution in [3.63, 3.8) is 0 Å². The van der Waals surface area contributed by atoms with Gasteiger partial charge in [-0.3, -0.25) is 4.79 Å². The third kappa shape index (κ3) is 3.21. The normalized spacial score (nSPS) is 10.5. The molecular weight excluding hydrogens is 293 g/mol. The Hall–Kier alpha value is -2.50. The lowest BCUT2D eigenvalue weighted by atomic mass is 10.1. The van der Waals surface area contributed by atoms with Crippen LogP contribution in [0.1, 0.15) is 15.9 Å². The zero-order valence-corrected chi connectivity index (χ0v) is 12.4. The molecule has 0 radical (unpaired) electrons. The molecule has 116 valence electrons. The van der Waals surface area contributed by atoms with Gasteiger partial charge in [0.1, 0.15) is 0 Å². The Morgan fingerprint density at radius 3 is 2.14 bits per heavy atom. The van der Waals surface area contributed by atoms with E-state index in [0.29, 0.717) is 17.8 Å². The molecule has 0 heterocycles. The first-order valence-electron chi connectivity index (χ1n) is 6.53. The van der Waals surface area contributed by atoms with E-state index in [9.17, 15) is 18.0 Å². The maximum absolute atomic E-state index is 13.1. The predicted octanol–water partition coefficient (Wildman–Crippen LogP) is 3.73. The zero-order valence-electron chi connectivity index (χ0n) is 12.4. The number of hydrogen-bond donors (Lipinski definition) is 1. The molecule has 0 atom stereocenters. The van der Waals surface area contributed by atoms with Crippen LogP contribution in [0.25, 0.3) is 0 Å². The molecule has 0 aliphatic heterocycles. The topological polar surface area (TPSA) is 32.3 Å². The predicted molar refractivity (Wildman–Crippen MR) is 79.8 cm³/mol. The Labute approximate surface area is 126 Å². The average molecular weight is 308 g/mol. The fraction of sp³-hybridized carbons (Fsp3) is 0.188. The highest BCUT2D eigenvalue weighted by Gasteiger charge is 2.15. The molecule has 0 aliphatic rings. The highest BCUT2D eigenvalue weighted by molar-refractivity contribution is 6.04. The van der Waals surface area contributed by atoms with Gasteiger partial charge in [-0.15, -0.1) is 0 Å². The molecule has 0 saturated carbocycles. The van der Waals surface area contributed by atoms with E-state index in [-0.39, 0.29) is 5.56 Å². The monoisotopic (exact) mass is 308 g/mol. The van der Waals surface area contributed by atoms with Crippen molar-refractivity contribution in [2.75, 3.05) is 24.3 Å². The Kier molecular flexibility index (Phi) is 4.40. The fourth-order valence-electron chi connectivity index (χ4n) is 2.12.